The lowest BCUT2D eigenvalue weighted by Gasteiger charge is -2.23. The van der Waals surface area contributed by atoms with Crippen LogP contribution in [0.1, 0.15) is 22.6 Å². The van der Waals surface area contributed by atoms with Crippen LogP contribution in [-0.4, -0.2) is 42.5 Å². The molecule has 3 atom stereocenters. The highest BCUT2D eigenvalue weighted by atomic mass is 32.1. The molecular formula is C23H28N4OS. The van der Waals surface area contributed by atoms with Crippen molar-refractivity contribution in [2.24, 2.45) is 17.6 Å². The normalized spacial score (nSPS) is 22.7. The number of piperidine rings is 1. The van der Waals surface area contributed by atoms with Crippen molar-refractivity contribution in [3.63, 3.8) is 0 Å². The zero-order chi connectivity index (χ0) is 20.2. The van der Waals surface area contributed by atoms with Gasteiger partial charge < -0.3 is 16.0 Å². The fourth-order valence-electron chi connectivity index (χ4n) is 4.40. The lowest BCUT2D eigenvalue weighted by atomic mass is 10.1. The molecule has 1 amide bonds. The lowest BCUT2D eigenvalue weighted by Crippen LogP contribution is -2.38. The number of aromatic nitrogens is 1. The Morgan fingerprint density at radius 1 is 1.21 bits per heavy atom. The Kier molecular flexibility index (Phi) is 6.23. The summed E-state index contributed by atoms with van der Waals surface area (Å²) < 4.78 is 1.28. The molecule has 29 heavy (non-hydrogen) atoms. The first-order valence-electron chi connectivity index (χ1n) is 10.2. The van der Waals surface area contributed by atoms with Gasteiger partial charge in [0.15, 0.2) is 0 Å². The molecule has 0 radical (unpaired) electrons. The van der Waals surface area contributed by atoms with E-state index in [0.29, 0.717) is 0 Å². The topological polar surface area (TPSA) is 71.2 Å². The van der Waals surface area contributed by atoms with E-state index in [1.54, 1.807) is 11.3 Å². The average molecular weight is 409 g/mol. The van der Waals surface area contributed by atoms with Gasteiger partial charge in [0.1, 0.15) is 0 Å². The van der Waals surface area contributed by atoms with Crippen LogP contribution >= 0.6 is 11.3 Å². The number of amides is 1. The van der Waals surface area contributed by atoms with Gasteiger partial charge in [-0.2, -0.15) is 0 Å². The zero-order valence-electron chi connectivity index (χ0n) is 16.8. The fourth-order valence-corrected chi connectivity index (χ4v) is 5.40. The molecule has 1 aliphatic carbocycles. The minimum atomic E-state index is 0.250. The Bertz CT molecular complexity index is 920. The molecule has 3 N–H and O–H groups in total. The Morgan fingerprint density at radius 3 is 2.62 bits per heavy atom. The number of likely N-dealkylation sites (N-methyl/N-ethyl adjacent to an activating group) is 1. The maximum Gasteiger partial charge on any atom is 0.204 e. The van der Waals surface area contributed by atoms with Crippen LogP contribution in [0, 0.1) is 11.8 Å². The predicted molar refractivity (Wildman–Crippen MR) is 119 cm³/mol. The molecule has 0 spiro atoms. The van der Waals surface area contributed by atoms with E-state index in [1.165, 1.54) is 33.8 Å². The molecule has 2 aliphatic rings. The molecule has 2 fully saturated rings. The van der Waals surface area contributed by atoms with Crippen molar-refractivity contribution in [2.45, 2.75) is 25.4 Å². The summed E-state index contributed by atoms with van der Waals surface area (Å²) in [5.41, 5.74) is 7.98. The quantitative estimate of drug-likeness (QED) is 0.615. The number of nitrogens with two attached hydrogens (primary N) is 1. The van der Waals surface area contributed by atoms with Gasteiger partial charge in [0.05, 0.1) is 15.2 Å². The smallest absolute Gasteiger partial charge is 0.204 e. The number of carbonyl (C=O) groups is 1. The van der Waals surface area contributed by atoms with Gasteiger partial charge in [0.2, 0.25) is 6.41 Å². The van der Waals surface area contributed by atoms with Crippen LogP contribution in [0.3, 0.4) is 0 Å². The molecule has 2 aromatic carbocycles. The molecule has 1 saturated carbocycles. The number of benzene rings is 2. The predicted octanol–water partition coefficient (Wildman–Crippen LogP) is 3.03. The largest absolute Gasteiger partial charge is 0.372 e. The Labute approximate surface area is 175 Å². The van der Waals surface area contributed by atoms with E-state index in [9.17, 15) is 0 Å². The lowest BCUT2D eigenvalue weighted by molar-refractivity contribution is -0.106. The zero-order valence-corrected chi connectivity index (χ0v) is 17.6. The van der Waals surface area contributed by atoms with Gasteiger partial charge in [-0.05, 0) is 48.6 Å². The minimum absolute atomic E-state index is 0.250. The van der Waals surface area contributed by atoms with E-state index in [2.05, 4.69) is 71.5 Å². The summed E-state index contributed by atoms with van der Waals surface area (Å²) in [4.78, 5) is 15.9. The van der Waals surface area contributed by atoms with Crippen LogP contribution in [0.15, 0.2) is 48.5 Å². The standard InChI is InChI=1S/C22H25N3S.CH3NO/c1-25-14-17-11-18(17)20(25)13-23-12-16-8-6-15(7-9-16)10-22-24-19-4-2-3-5-21(19)26-22;2-1-3/h2-9,17-18,20,23H,10-14H2,1H3;1H,(H2,2,3). The van der Waals surface area contributed by atoms with Crippen LogP contribution in [0.5, 0.6) is 0 Å². The number of primary amides is 1. The highest BCUT2D eigenvalue weighted by Crippen LogP contribution is 2.48. The number of para-hydroxylation sites is 1. The monoisotopic (exact) mass is 408 g/mol. The number of hydrogen-bond acceptors (Lipinski definition) is 5. The van der Waals surface area contributed by atoms with Crippen molar-refractivity contribution in [2.75, 3.05) is 20.1 Å². The first kappa shape index (κ1) is 20.0. The molecule has 1 saturated heterocycles. The third-order valence-electron chi connectivity index (χ3n) is 5.96. The van der Waals surface area contributed by atoms with Crippen LogP contribution in [-0.2, 0) is 17.8 Å². The van der Waals surface area contributed by atoms with E-state index < -0.39 is 0 Å². The summed E-state index contributed by atoms with van der Waals surface area (Å²) >= 11 is 1.80. The second-order valence-corrected chi connectivity index (χ2v) is 9.12. The summed E-state index contributed by atoms with van der Waals surface area (Å²) in [6.07, 6.45) is 2.63. The summed E-state index contributed by atoms with van der Waals surface area (Å²) in [5, 5.41) is 4.86. The van der Waals surface area contributed by atoms with E-state index in [-0.39, 0.29) is 6.41 Å². The Hall–Kier alpha value is -2.28. The van der Waals surface area contributed by atoms with Gasteiger partial charge in [-0.1, -0.05) is 36.4 Å². The van der Waals surface area contributed by atoms with E-state index in [1.807, 2.05) is 0 Å². The third kappa shape index (κ3) is 4.83. The van der Waals surface area contributed by atoms with Crippen molar-refractivity contribution in [3.8, 4) is 0 Å². The van der Waals surface area contributed by atoms with Gasteiger partial charge >= 0.3 is 0 Å². The maximum absolute atomic E-state index is 8.58. The number of carbonyl (C=O) groups excluding carboxylic acids is 1. The number of hydrogen-bond donors (Lipinski definition) is 2. The second-order valence-electron chi connectivity index (χ2n) is 8.00. The molecule has 5 rings (SSSR count). The van der Waals surface area contributed by atoms with Gasteiger partial charge in [0, 0.05) is 32.1 Å². The average Bonchev–Trinajstić information content (AvgIpc) is 3.22. The molecule has 152 valence electrons. The number of likely N-dealkylation sites (tertiary alicyclic amines) is 1. The van der Waals surface area contributed by atoms with Crippen LogP contribution in [0.4, 0.5) is 0 Å². The third-order valence-corrected chi connectivity index (χ3v) is 7.00. The van der Waals surface area contributed by atoms with Crippen molar-refractivity contribution in [1.82, 2.24) is 15.2 Å². The van der Waals surface area contributed by atoms with Crippen LogP contribution in [0.2, 0.25) is 0 Å². The minimum Gasteiger partial charge on any atom is -0.372 e. The molecule has 3 aromatic rings. The van der Waals surface area contributed by atoms with Crippen molar-refractivity contribution >= 4 is 28.0 Å². The molecule has 1 aromatic heterocycles. The number of rotatable bonds is 6. The molecule has 5 nitrogen and oxygen atoms in total. The van der Waals surface area contributed by atoms with Crippen molar-refractivity contribution < 1.29 is 4.79 Å². The highest BCUT2D eigenvalue weighted by Gasteiger charge is 2.50. The maximum atomic E-state index is 8.58. The first-order valence-corrected chi connectivity index (χ1v) is 11.0. The molecule has 6 heteroatoms. The highest BCUT2D eigenvalue weighted by molar-refractivity contribution is 7.18. The molecular weight excluding hydrogens is 380 g/mol. The number of nitrogens with zero attached hydrogens (tertiary/aromatic N) is 2. The van der Waals surface area contributed by atoms with Crippen molar-refractivity contribution in [3.05, 3.63) is 64.7 Å². The summed E-state index contributed by atoms with van der Waals surface area (Å²) in [7, 11) is 2.27. The Morgan fingerprint density at radius 2 is 1.93 bits per heavy atom. The van der Waals surface area contributed by atoms with Gasteiger partial charge in [-0.3, -0.25) is 4.79 Å². The van der Waals surface area contributed by atoms with Crippen LogP contribution < -0.4 is 11.1 Å². The number of thiazole rings is 1. The van der Waals surface area contributed by atoms with E-state index in [4.69, 9.17) is 9.78 Å². The van der Waals surface area contributed by atoms with Gasteiger partial charge in [0.25, 0.3) is 0 Å². The molecule has 2 heterocycles. The SMILES string of the molecule is CN1CC2CC2C1CNCc1ccc(Cc2nc3ccccc3s2)cc1.NC=O. The van der Waals surface area contributed by atoms with Crippen LogP contribution in [0.25, 0.3) is 10.2 Å². The number of nitrogens with one attached hydrogen (secondary N) is 1. The summed E-state index contributed by atoms with van der Waals surface area (Å²) in [5.74, 6) is 1.96. The van der Waals surface area contributed by atoms with E-state index in [0.717, 1.165) is 42.9 Å². The summed E-state index contributed by atoms with van der Waals surface area (Å²) in [6.45, 7) is 3.38. The van der Waals surface area contributed by atoms with Gasteiger partial charge in [-0.25, -0.2) is 4.98 Å². The van der Waals surface area contributed by atoms with Crippen molar-refractivity contribution in [1.29, 1.82) is 0 Å². The molecule has 3 unspecified atom stereocenters. The van der Waals surface area contributed by atoms with E-state index >= 15 is 0 Å². The first-order chi connectivity index (χ1) is 14.2. The molecule has 1 aliphatic heterocycles. The molecule has 0 bridgehead atoms. The number of fused-ring (bicyclic) bond motifs is 2. The Balaban J connectivity index is 0.000000645. The van der Waals surface area contributed by atoms with Gasteiger partial charge in [-0.15, -0.1) is 11.3 Å². The fraction of sp³-hybridized carbons (Fsp3) is 0.391. The summed E-state index contributed by atoms with van der Waals surface area (Å²) in [6, 6.07) is 18.1. The second kappa shape index (κ2) is 9.03.